The van der Waals surface area contributed by atoms with Crippen molar-refractivity contribution in [1.82, 2.24) is 4.98 Å². The van der Waals surface area contributed by atoms with Gasteiger partial charge in [-0.15, -0.1) is 0 Å². The fourth-order valence-corrected chi connectivity index (χ4v) is 1.59. The summed E-state index contributed by atoms with van der Waals surface area (Å²) in [6.07, 6.45) is 6.21. The van der Waals surface area contributed by atoms with Crippen LogP contribution in [0.5, 0.6) is 5.75 Å². The van der Waals surface area contributed by atoms with E-state index in [1.54, 1.807) is 36.5 Å². The van der Waals surface area contributed by atoms with Crippen LogP contribution < -0.4 is 0 Å². The summed E-state index contributed by atoms with van der Waals surface area (Å²) < 4.78 is 0. The van der Waals surface area contributed by atoms with Gasteiger partial charge in [0.05, 0.1) is 5.02 Å². The summed E-state index contributed by atoms with van der Waals surface area (Å²) in [5, 5.41) is 9.52. The number of phenolic OH excluding ortho intramolecular Hbond substituents is 1. The fraction of sp³-hybridized carbons (Fsp3) is 0. The van der Waals surface area contributed by atoms with E-state index in [0.717, 1.165) is 5.56 Å². The summed E-state index contributed by atoms with van der Waals surface area (Å²) in [4.78, 5) is 15.6. The summed E-state index contributed by atoms with van der Waals surface area (Å²) >= 11 is 5.77. The first kappa shape index (κ1) is 12.3. The minimum atomic E-state index is -0.132. The Kier molecular flexibility index (Phi) is 3.75. The van der Waals surface area contributed by atoms with Crippen molar-refractivity contribution in [1.29, 1.82) is 0 Å². The smallest absolute Gasteiger partial charge is 0.187 e. The van der Waals surface area contributed by atoms with Gasteiger partial charge in [0.2, 0.25) is 0 Å². The molecule has 0 aliphatic rings. The van der Waals surface area contributed by atoms with Gasteiger partial charge in [-0.25, -0.2) is 0 Å². The second-order valence-electron chi connectivity index (χ2n) is 3.65. The predicted molar refractivity (Wildman–Crippen MR) is 70.7 cm³/mol. The van der Waals surface area contributed by atoms with Gasteiger partial charge in [-0.05, 0) is 35.9 Å². The van der Waals surface area contributed by atoms with E-state index >= 15 is 0 Å². The minimum absolute atomic E-state index is 0.0207. The maximum Gasteiger partial charge on any atom is 0.187 e. The zero-order valence-corrected chi connectivity index (χ0v) is 10.1. The number of rotatable bonds is 3. The van der Waals surface area contributed by atoms with Gasteiger partial charge in [-0.2, -0.15) is 0 Å². The molecule has 0 aliphatic heterocycles. The summed E-state index contributed by atoms with van der Waals surface area (Å²) in [7, 11) is 0. The molecule has 1 aromatic heterocycles. The maximum atomic E-state index is 11.8. The fourth-order valence-electron chi connectivity index (χ4n) is 1.40. The maximum absolute atomic E-state index is 11.8. The second-order valence-corrected chi connectivity index (χ2v) is 4.06. The van der Waals surface area contributed by atoms with Gasteiger partial charge >= 0.3 is 0 Å². The molecule has 18 heavy (non-hydrogen) atoms. The Hall–Kier alpha value is -2.13. The van der Waals surface area contributed by atoms with Crippen molar-refractivity contribution in [2.24, 2.45) is 0 Å². The summed E-state index contributed by atoms with van der Waals surface area (Å²) in [5.41, 5.74) is 1.27. The number of pyridine rings is 1. The minimum Gasteiger partial charge on any atom is -0.506 e. The Balaban J connectivity index is 2.16. The van der Waals surface area contributed by atoms with Crippen molar-refractivity contribution < 1.29 is 9.90 Å². The van der Waals surface area contributed by atoms with E-state index in [2.05, 4.69) is 4.98 Å². The summed E-state index contributed by atoms with van der Waals surface area (Å²) in [6, 6.07) is 8.15. The van der Waals surface area contributed by atoms with Crippen molar-refractivity contribution in [2.45, 2.75) is 0 Å². The second kappa shape index (κ2) is 5.47. The SMILES string of the molecule is O=C(/C=C/c1ccc(O)c(Cl)c1)c1cccnc1. The molecule has 0 radical (unpaired) electrons. The van der Waals surface area contributed by atoms with Crippen molar-refractivity contribution in [3.63, 3.8) is 0 Å². The summed E-state index contributed by atoms with van der Waals surface area (Å²) in [5.74, 6) is -0.111. The lowest BCUT2D eigenvalue weighted by atomic mass is 10.1. The van der Waals surface area contributed by atoms with Crippen LogP contribution in [0.3, 0.4) is 0 Å². The largest absolute Gasteiger partial charge is 0.506 e. The molecule has 1 aromatic carbocycles. The van der Waals surface area contributed by atoms with Crippen LogP contribution in [0.15, 0.2) is 48.8 Å². The van der Waals surface area contributed by atoms with Crippen LogP contribution in [0.2, 0.25) is 5.02 Å². The molecule has 0 saturated carbocycles. The third-order valence-electron chi connectivity index (χ3n) is 2.34. The van der Waals surface area contributed by atoms with Crippen LogP contribution in [-0.2, 0) is 0 Å². The third-order valence-corrected chi connectivity index (χ3v) is 2.65. The molecule has 90 valence electrons. The number of aromatic nitrogens is 1. The average Bonchev–Trinajstić information content (AvgIpc) is 2.41. The molecule has 0 amide bonds. The molecule has 0 unspecified atom stereocenters. The van der Waals surface area contributed by atoms with Crippen LogP contribution in [0.4, 0.5) is 0 Å². The number of nitrogens with zero attached hydrogens (tertiary/aromatic N) is 1. The number of benzene rings is 1. The number of carbonyl (C=O) groups is 1. The molecule has 0 bridgehead atoms. The Bertz CT molecular complexity index is 594. The number of carbonyl (C=O) groups excluding carboxylic acids is 1. The number of hydrogen-bond acceptors (Lipinski definition) is 3. The zero-order chi connectivity index (χ0) is 13.0. The third kappa shape index (κ3) is 2.96. The first-order chi connectivity index (χ1) is 8.66. The van der Waals surface area contributed by atoms with Crippen LogP contribution in [-0.4, -0.2) is 15.9 Å². The Morgan fingerprint density at radius 3 is 2.83 bits per heavy atom. The number of ketones is 1. The molecule has 0 aliphatic carbocycles. The van der Waals surface area contributed by atoms with Gasteiger partial charge in [0.15, 0.2) is 5.78 Å². The molecule has 3 nitrogen and oxygen atoms in total. The molecular formula is C14H10ClNO2. The molecule has 0 fully saturated rings. The van der Waals surface area contributed by atoms with Crippen molar-refractivity contribution in [3.05, 3.63) is 65.0 Å². The van der Waals surface area contributed by atoms with E-state index in [0.29, 0.717) is 5.56 Å². The van der Waals surface area contributed by atoms with E-state index in [-0.39, 0.29) is 16.6 Å². The van der Waals surface area contributed by atoms with Crippen molar-refractivity contribution in [2.75, 3.05) is 0 Å². The first-order valence-electron chi connectivity index (χ1n) is 5.28. The molecule has 2 rings (SSSR count). The quantitative estimate of drug-likeness (QED) is 0.679. The highest BCUT2D eigenvalue weighted by molar-refractivity contribution is 6.32. The zero-order valence-electron chi connectivity index (χ0n) is 9.38. The van der Waals surface area contributed by atoms with Gasteiger partial charge in [0.25, 0.3) is 0 Å². The molecule has 0 saturated heterocycles. The number of aromatic hydroxyl groups is 1. The molecule has 4 heteroatoms. The Labute approximate surface area is 109 Å². The number of halogens is 1. The van der Waals surface area contributed by atoms with Gasteiger partial charge in [0, 0.05) is 18.0 Å². The molecule has 1 heterocycles. The van der Waals surface area contributed by atoms with E-state index in [1.165, 1.54) is 18.3 Å². The van der Waals surface area contributed by atoms with Gasteiger partial charge in [-0.1, -0.05) is 23.7 Å². The van der Waals surface area contributed by atoms with Crippen LogP contribution >= 0.6 is 11.6 Å². The number of allylic oxidation sites excluding steroid dienone is 1. The van der Waals surface area contributed by atoms with Gasteiger partial charge in [-0.3, -0.25) is 9.78 Å². The number of phenols is 1. The lowest BCUT2D eigenvalue weighted by molar-refractivity contribution is 0.104. The van der Waals surface area contributed by atoms with E-state index < -0.39 is 0 Å². The highest BCUT2D eigenvalue weighted by Gasteiger charge is 2.01. The first-order valence-corrected chi connectivity index (χ1v) is 5.65. The highest BCUT2D eigenvalue weighted by atomic mass is 35.5. The van der Waals surface area contributed by atoms with Gasteiger partial charge in [0.1, 0.15) is 5.75 Å². The highest BCUT2D eigenvalue weighted by Crippen LogP contribution is 2.24. The van der Waals surface area contributed by atoms with Crippen LogP contribution in [0.1, 0.15) is 15.9 Å². The molecular weight excluding hydrogens is 250 g/mol. The van der Waals surface area contributed by atoms with E-state index in [4.69, 9.17) is 11.6 Å². The summed E-state index contributed by atoms with van der Waals surface area (Å²) in [6.45, 7) is 0. The molecule has 2 aromatic rings. The lowest BCUT2D eigenvalue weighted by Gasteiger charge is -1.98. The predicted octanol–water partition coefficient (Wildman–Crippen LogP) is 3.34. The normalized spacial score (nSPS) is 10.7. The number of hydrogen-bond donors (Lipinski definition) is 1. The standard InChI is InChI=1S/C14H10ClNO2/c15-12-8-10(4-6-14(12)18)3-5-13(17)11-2-1-7-16-9-11/h1-9,18H/b5-3+. The van der Waals surface area contributed by atoms with Crippen LogP contribution in [0.25, 0.3) is 6.08 Å². The Morgan fingerprint density at radius 2 is 2.17 bits per heavy atom. The Morgan fingerprint density at radius 1 is 1.33 bits per heavy atom. The van der Waals surface area contributed by atoms with E-state index in [9.17, 15) is 9.90 Å². The lowest BCUT2D eigenvalue weighted by Crippen LogP contribution is -1.93. The van der Waals surface area contributed by atoms with Crippen LogP contribution in [0, 0.1) is 0 Å². The van der Waals surface area contributed by atoms with Crippen molar-refractivity contribution >= 4 is 23.5 Å². The van der Waals surface area contributed by atoms with Crippen molar-refractivity contribution in [3.8, 4) is 5.75 Å². The van der Waals surface area contributed by atoms with Gasteiger partial charge < -0.3 is 5.11 Å². The monoisotopic (exact) mass is 259 g/mol. The topological polar surface area (TPSA) is 50.2 Å². The average molecular weight is 260 g/mol. The molecule has 0 atom stereocenters. The van der Waals surface area contributed by atoms with E-state index in [1.807, 2.05) is 0 Å². The molecule has 1 N–H and O–H groups in total. The molecule has 0 spiro atoms.